The predicted molar refractivity (Wildman–Crippen MR) is 130 cm³/mol. The Bertz CT molecular complexity index is 1120. The minimum absolute atomic E-state index is 0.0738. The molecule has 0 aliphatic heterocycles. The number of rotatable bonds is 7. The lowest BCUT2D eigenvalue weighted by Gasteiger charge is -2.12. The number of hydrogen-bond acceptors (Lipinski definition) is 4. The van der Waals surface area contributed by atoms with Crippen molar-refractivity contribution < 1.29 is 9.59 Å². The first-order chi connectivity index (χ1) is 15.4. The topological polar surface area (TPSA) is 73.8 Å². The number of benzene rings is 3. The second-order valence-corrected chi connectivity index (χ2v) is 7.55. The Balaban J connectivity index is 1.80. The van der Waals surface area contributed by atoms with E-state index in [-0.39, 0.29) is 5.70 Å². The van der Waals surface area contributed by atoms with E-state index in [0.717, 1.165) is 16.8 Å². The summed E-state index contributed by atoms with van der Waals surface area (Å²) >= 11 is 5.88. The highest BCUT2D eigenvalue weighted by Crippen LogP contribution is 2.15. The van der Waals surface area contributed by atoms with Crippen molar-refractivity contribution in [3.63, 3.8) is 0 Å². The van der Waals surface area contributed by atoms with Crippen molar-refractivity contribution in [3.05, 3.63) is 106 Å². The molecule has 162 valence electrons. The van der Waals surface area contributed by atoms with Gasteiger partial charge >= 0.3 is 0 Å². The van der Waals surface area contributed by atoms with Gasteiger partial charge in [-0.2, -0.15) is 5.10 Å². The highest BCUT2D eigenvalue weighted by Gasteiger charge is 2.14. The number of anilines is 1. The number of hydrazone groups is 1. The third-order valence-electron chi connectivity index (χ3n) is 4.50. The van der Waals surface area contributed by atoms with Gasteiger partial charge in [0.05, 0.1) is 6.21 Å². The first-order valence-corrected chi connectivity index (χ1v) is 10.2. The van der Waals surface area contributed by atoms with Gasteiger partial charge in [-0.3, -0.25) is 9.59 Å². The summed E-state index contributed by atoms with van der Waals surface area (Å²) in [6.45, 7) is 0. The summed E-state index contributed by atoms with van der Waals surface area (Å²) in [5.41, 5.74) is 5.53. The van der Waals surface area contributed by atoms with Crippen LogP contribution in [0.15, 0.2) is 89.7 Å². The second-order valence-electron chi connectivity index (χ2n) is 7.11. The van der Waals surface area contributed by atoms with Crippen LogP contribution < -0.4 is 15.6 Å². The molecular weight excluding hydrogens is 424 g/mol. The second kappa shape index (κ2) is 10.9. The van der Waals surface area contributed by atoms with Gasteiger partial charge < -0.3 is 10.2 Å². The first kappa shape index (κ1) is 22.8. The molecule has 3 aromatic carbocycles. The average Bonchev–Trinajstić information content (AvgIpc) is 2.80. The fraction of sp³-hybridized carbons (Fsp3) is 0.0800. The lowest BCUT2D eigenvalue weighted by molar-refractivity contribution is -0.117. The summed E-state index contributed by atoms with van der Waals surface area (Å²) < 4.78 is 0. The van der Waals surface area contributed by atoms with Crippen LogP contribution in [0.4, 0.5) is 5.69 Å². The molecule has 3 rings (SSSR count). The number of nitrogens with one attached hydrogen (secondary N) is 2. The van der Waals surface area contributed by atoms with Crippen molar-refractivity contribution in [1.29, 1.82) is 0 Å². The van der Waals surface area contributed by atoms with E-state index < -0.39 is 11.8 Å². The fourth-order valence-corrected chi connectivity index (χ4v) is 2.88. The van der Waals surface area contributed by atoms with Crippen LogP contribution in [0.5, 0.6) is 0 Å². The van der Waals surface area contributed by atoms with E-state index in [0.29, 0.717) is 10.6 Å². The van der Waals surface area contributed by atoms with Gasteiger partial charge in [0.1, 0.15) is 5.70 Å². The molecule has 0 aliphatic rings. The number of carbonyl (C=O) groups is 2. The summed E-state index contributed by atoms with van der Waals surface area (Å²) in [6, 6.07) is 23.3. The van der Waals surface area contributed by atoms with Gasteiger partial charge in [-0.15, -0.1) is 0 Å². The molecule has 7 heteroatoms. The van der Waals surface area contributed by atoms with Gasteiger partial charge in [0.2, 0.25) is 0 Å². The van der Waals surface area contributed by atoms with Crippen molar-refractivity contribution in [1.82, 2.24) is 10.7 Å². The Kier molecular flexibility index (Phi) is 7.78. The van der Waals surface area contributed by atoms with Crippen molar-refractivity contribution >= 4 is 41.4 Å². The van der Waals surface area contributed by atoms with Gasteiger partial charge in [0.25, 0.3) is 11.8 Å². The Labute approximate surface area is 192 Å². The molecule has 0 aliphatic carbocycles. The lowest BCUT2D eigenvalue weighted by atomic mass is 10.1. The summed E-state index contributed by atoms with van der Waals surface area (Å²) in [5, 5.41) is 7.28. The third kappa shape index (κ3) is 6.55. The molecule has 0 saturated carbocycles. The predicted octanol–water partition coefficient (Wildman–Crippen LogP) is 4.33. The number of amides is 2. The minimum Gasteiger partial charge on any atom is -0.378 e. The molecule has 2 amide bonds. The highest BCUT2D eigenvalue weighted by atomic mass is 35.5. The minimum atomic E-state index is -0.545. The SMILES string of the molecule is CN(C)c1ccc(/C=C(\NC(=O)c2ccccc2)C(=O)N/N=C\c2ccc(Cl)cc2)cc1. The largest absolute Gasteiger partial charge is 0.378 e. The molecule has 0 unspecified atom stereocenters. The summed E-state index contributed by atoms with van der Waals surface area (Å²) in [4.78, 5) is 27.4. The van der Waals surface area contributed by atoms with Gasteiger partial charge in [0.15, 0.2) is 0 Å². The number of carbonyl (C=O) groups excluding carboxylic acids is 2. The molecule has 0 bridgehead atoms. The van der Waals surface area contributed by atoms with Crippen LogP contribution in [0.25, 0.3) is 6.08 Å². The van der Waals surface area contributed by atoms with Crippen molar-refractivity contribution in [2.75, 3.05) is 19.0 Å². The maximum Gasteiger partial charge on any atom is 0.287 e. The number of hydrogen-bond donors (Lipinski definition) is 2. The normalized spacial score (nSPS) is 11.3. The summed E-state index contributed by atoms with van der Waals surface area (Å²) in [6.07, 6.45) is 3.10. The Hall–Kier alpha value is -3.90. The van der Waals surface area contributed by atoms with Crippen LogP contribution in [0.3, 0.4) is 0 Å². The van der Waals surface area contributed by atoms with Crippen molar-refractivity contribution in [2.45, 2.75) is 0 Å². The Morgan fingerprint density at radius 3 is 2.12 bits per heavy atom. The van der Waals surface area contributed by atoms with Gasteiger partial charge in [-0.25, -0.2) is 5.43 Å². The zero-order valence-electron chi connectivity index (χ0n) is 17.7. The quantitative estimate of drug-likeness (QED) is 0.322. The zero-order valence-corrected chi connectivity index (χ0v) is 18.5. The molecule has 0 atom stereocenters. The van der Waals surface area contributed by atoms with E-state index in [1.54, 1.807) is 54.6 Å². The van der Waals surface area contributed by atoms with Crippen molar-refractivity contribution in [2.24, 2.45) is 5.10 Å². The maximum absolute atomic E-state index is 12.8. The summed E-state index contributed by atoms with van der Waals surface area (Å²) in [7, 11) is 3.89. The smallest absolute Gasteiger partial charge is 0.287 e. The average molecular weight is 447 g/mol. The Morgan fingerprint density at radius 1 is 0.875 bits per heavy atom. The van der Waals surface area contributed by atoms with E-state index in [1.807, 2.05) is 49.3 Å². The number of nitrogens with zero attached hydrogens (tertiary/aromatic N) is 2. The van der Waals surface area contributed by atoms with Crippen LogP contribution in [0, 0.1) is 0 Å². The van der Waals surface area contributed by atoms with Crippen LogP contribution >= 0.6 is 11.6 Å². The van der Waals surface area contributed by atoms with Gasteiger partial charge in [-0.1, -0.05) is 54.1 Å². The molecule has 0 spiro atoms. The molecule has 0 saturated heterocycles. The monoisotopic (exact) mass is 446 g/mol. The summed E-state index contributed by atoms with van der Waals surface area (Å²) in [5.74, 6) is -0.935. The molecule has 0 heterocycles. The Morgan fingerprint density at radius 2 is 1.50 bits per heavy atom. The van der Waals surface area contributed by atoms with Crippen LogP contribution in [-0.2, 0) is 4.79 Å². The molecule has 32 heavy (non-hydrogen) atoms. The molecule has 6 nitrogen and oxygen atoms in total. The first-order valence-electron chi connectivity index (χ1n) is 9.87. The van der Waals surface area contributed by atoms with E-state index >= 15 is 0 Å². The molecule has 0 aromatic heterocycles. The number of halogens is 1. The molecule has 0 radical (unpaired) electrons. The van der Waals surface area contributed by atoms with E-state index in [9.17, 15) is 9.59 Å². The highest BCUT2D eigenvalue weighted by molar-refractivity contribution is 6.30. The van der Waals surface area contributed by atoms with Crippen LogP contribution in [-0.4, -0.2) is 32.1 Å². The van der Waals surface area contributed by atoms with Gasteiger partial charge in [-0.05, 0) is 53.6 Å². The maximum atomic E-state index is 12.8. The zero-order chi connectivity index (χ0) is 22.9. The molecule has 2 N–H and O–H groups in total. The van der Waals surface area contributed by atoms with E-state index in [1.165, 1.54) is 6.21 Å². The molecule has 3 aromatic rings. The molecular formula is C25H23ClN4O2. The van der Waals surface area contributed by atoms with E-state index in [4.69, 9.17) is 11.6 Å². The van der Waals surface area contributed by atoms with Crippen LogP contribution in [0.2, 0.25) is 5.02 Å². The lowest BCUT2D eigenvalue weighted by Crippen LogP contribution is -2.32. The fourth-order valence-electron chi connectivity index (χ4n) is 2.75. The van der Waals surface area contributed by atoms with Gasteiger partial charge in [0, 0.05) is 30.4 Å². The third-order valence-corrected chi connectivity index (χ3v) is 4.75. The standard InChI is InChI=1S/C25H23ClN4O2/c1-30(2)22-14-10-18(11-15-22)16-23(28-24(31)20-6-4-3-5-7-20)25(32)29-27-17-19-8-12-21(26)13-9-19/h3-17H,1-2H3,(H,28,31)(H,29,32)/b23-16-,27-17-. The van der Waals surface area contributed by atoms with Crippen LogP contribution in [0.1, 0.15) is 21.5 Å². The van der Waals surface area contributed by atoms with Crippen molar-refractivity contribution in [3.8, 4) is 0 Å². The molecule has 0 fully saturated rings. The van der Waals surface area contributed by atoms with E-state index in [2.05, 4.69) is 15.8 Å².